The molecule has 17 heteroatoms. The summed E-state index contributed by atoms with van der Waals surface area (Å²) in [5, 5.41) is 118. The maximum atomic E-state index is 14.6. The van der Waals surface area contributed by atoms with Crippen LogP contribution in [0.1, 0.15) is 92.9 Å². The van der Waals surface area contributed by atoms with Crippen LogP contribution in [0.5, 0.6) is 0 Å². The molecule has 336 valence electrons. The van der Waals surface area contributed by atoms with E-state index in [2.05, 4.69) is 19.9 Å². The molecule has 2 aliphatic heterocycles. The van der Waals surface area contributed by atoms with Crippen molar-refractivity contribution < 1.29 is 84.7 Å². The van der Waals surface area contributed by atoms with E-state index in [9.17, 15) is 65.8 Å². The third-order valence-electron chi connectivity index (χ3n) is 17.7. The molecule has 0 bridgehead atoms. The van der Waals surface area contributed by atoms with Crippen LogP contribution < -0.4 is 0 Å². The Balaban J connectivity index is 1.23. The molecule has 11 N–H and O–H groups in total. The zero-order chi connectivity index (χ0) is 43.6. The second kappa shape index (κ2) is 15.2. The number of rotatable bonds is 6. The Morgan fingerprint density at radius 1 is 0.712 bits per heavy atom. The van der Waals surface area contributed by atoms with Crippen molar-refractivity contribution in [3.8, 4) is 0 Å². The van der Waals surface area contributed by atoms with Crippen LogP contribution in [0.15, 0.2) is 11.6 Å². The number of allylic oxidation sites excluding steroid dienone is 1. The quantitative estimate of drug-likeness (QED) is 0.110. The maximum Gasteiger partial charge on any atom is 0.317 e. The molecule has 2 heterocycles. The number of fused-ring (bicyclic) bond motifs is 7. The van der Waals surface area contributed by atoms with Gasteiger partial charge in [0.1, 0.15) is 48.8 Å². The normalized spacial score (nSPS) is 56.0. The topological polar surface area (TPSA) is 294 Å². The van der Waals surface area contributed by atoms with Crippen LogP contribution in [-0.4, -0.2) is 161 Å². The standard InChI is InChI=1S/C42H66O17/c1-18-9-12-42(36(54)59-34-30(51)28(49)26(47)22(17-44)57-34)14-13-38(3)19(31(42)41(18,6)55)7-8-23-37(2)15-20(45)32(52)40(5,24(37)10-11-39(23,38)4)35(53)58-33-29(50)27(48)25(46)21(16-43)56-33/h7,18,20-34,43-52,55H,8-17H2,1-6H3/t18-,20-,21-,22+,23-,24-,25-,26+,27+,28-,29+,30-,31+,32+,33+,34-,37-,38+,39+,40+,41-,42-/m0/s1. The van der Waals surface area contributed by atoms with Gasteiger partial charge in [-0.3, -0.25) is 9.59 Å². The molecule has 7 aliphatic rings. The summed E-state index contributed by atoms with van der Waals surface area (Å²) in [5.74, 6) is -3.41. The average Bonchev–Trinajstić information content (AvgIpc) is 3.18. The Labute approximate surface area is 343 Å². The minimum absolute atomic E-state index is 0.148. The van der Waals surface area contributed by atoms with Gasteiger partial charge in [-0.1, -0.05) is 39.3 Å². The first-order valence-corrected chi connectivity index (χ1v) is 21.2. The molecule has 5 aliphatic carbocycles. The van der Waals surface area contributed by atoms with E-state index in [0.717, 1.165) is 5.57 Å². The van der Waals surface area contributed by atoms with Crippen LogP contribution in [0.3, 0.4) is 0 Å². The van der Waals surface area contributed by atoms with Crippen molar-refractivity contribution in [2.45, 2.75) is 172 Å². The summed E-state index contributed by atoms with van der Waals surface area (Å²) in [6.45, 7) is 10.1. The molecule has 0 spiro atoms. The van der Waals surface area contributed by atoms with Crippen LogP contribution in [0.25, 0.3) is 0 Å². The molecule has 17 nitrogen and oxygen atoms in total. The number of aliphatic hydroxyl groups excluding tert-OH is 10. The fourth-order valence-electron chi connectivity index (χ4n) is 13.7. The van der Waals surface area contributed by atoms with Gasteiger partial charge in [-0.2, -0.15) is 0 Å². The minimum Gasteiger partial charge on any atom is -0.432 e. The van der Waals surface area contributed by atoms with Gasteiger partial charge in [0.15, 0.2) is 0 Å². The van der Waals surface area contributed by atoms with Crippen LogP contribution in [-0.2, 0) is 28.5 Å². The lowest BCUT2D eigenvalue weighted by Gasteiger charge is -2.72. The molecule has 0 aromatic rings. The first-order chi connectivity index (χ1) is 27.4. The number of hydrogen-bond acceptors (Lipinski definition) is 17. The van der Waals surface area contributed by atoms with Crippen LogP contribution >= 0.6 is 0 Å². The van der Waals surface area contributed by atoms with Crippen LogP contribution in [0, 0.1) is 50.7 Å². The highest BCUT2D eigenvalue weighted by Gasteiger charge is 2.74. The van der Waals surface area contributed by atoms with Crippen LogP contribution in [0.2, 0.25) is 0 Å². The van der Waals surface area contributed by atoms with E-state index in [1.807, 2.05) is 13.8 Å². The highest BCUT2D eigenvalue weighted by Crippen LogP contribution is 2.76. The predicted octanol–water partition coefficient (Wildman–Crippen LogP) is -1.24. The Morgan fingerprint density at radius 3 is 1.80 bits per heavy atom. The zero-order valence-corrected chi connectivity index (χ0v) is 34.8. The number of esters is 2. The Kier molecular flexibility index (Phi) is 11.6. The smallest absolute Gasteiger partial charge is 0.317 e. The van der Waals surface area contributed by atoms with E-state index in [-0.39, 0.29) is 24.7 Å². The Morgan fingerprint density at radius 2 is 1.25 bits per heavy atom. The third-order valence-corrected chi connectivity index (χ3v) is 17.7. The van der Waals surface area contributed by atoms with Gasteiger partial charge >= 0.3 is 11.9 Å². The average molecular weight is 843 g/mol. The van der Waals surface area contributed by atoms with E-state index >= 15 is 0 Å². The monoisotopic (exact) mass is 842 g/mol. The fourth-order valence-corrected chi connectivity index (χ4v) is 13.7. The zero-order valence-electron chi connectivity index (χ0n) is 34.8. The number of carbonyl (C=O) groups excluding carboxylic acids is 2. The number of aliphatic hydroxyl groups is 11. The lowest BCUT2D eigenvalue weighted by atomic mass is 9.33. The summed E-state index contributed by atoms with van der Waals surface area (Å²) in [6, 6.07) is 0. The Bertz CT molecular complexity index is 1650. The number of ether oxygens (including phenoxy) is 4. The molecule has 6 fully saturated rings. The van der Waals surface area contributed by atoms with Crippen molar-refractivity contribution in [2.75, 3.05) is 13.2 Å². The van der Waals surface area contributed by atoms with Crippen molar-refractivity contribution >= 4 is 11.9 Å². The summed E-state index contributed by atoms with van der Waals surface area (Å²) in [7, 11) is 0. The first-order valence-electron chi connectivity index (χ1n) is 21.2. The largest absolute Gasteiger partial charge is 0.432 e. The molecule has 0 amide bonds. The summed E-state index contributed by atoms with van der Waals surface area (Å²) in [5.41, 5.74) is -5.44. The second-order valence-electron chi connectivity index (χ2n) is 20.3. The SMILES string of the molecule is C[C@H]1CC[C@]2(C(=O)O[C@@H]3O[C@H](CO)[C@@H](O)[C@H](O)[C@@H]3O)CC[C@]3(C)C(=CC[C@H]4[C@]5(C)C[C@H](O)[C@@H](O)[C@](C)(C(=O)O[C@H]6O[C@@H](CO)[C@H](O)[C@@H](O)[C@H]6O)[C@H]5CC[C@]43C)[C@@H]2[C@@]1(C)O. The molecule has 4 saturated carbocycles. The lowest BCUT2D eigenvalue weighted by Crippen LogP contribution is -2.70. The van der Waals surface area contributed by atoms with Gasteiger partial charge in [-0.05, 0) is 99.2 Å². The molecule has 0 aromatic heterocycles. The minimum atomic E-state index is -1.86. The summed E-state index contributed by atoms with van der Waals surface area (Å²) in [6.07, 6.45) is -14.3. The number of hydrogen-bond donors (Lipinski definition) is 11. The highest BCUT2D eigenvalue weighted by molar-refractivity contribution is 5.80. The second-order valence-corrected chi connectivity index (χ2v) is 20.3. The van der Waals surface area contributed by atoms with E-state index < -0.39 is 143 Å². The van der Waals surface area contributed by atoms with Gasteiger partial charge in [0, 0.05) is 5.92 Å². The summed E-state index contributed by atoms with van der Waals surface area (Å²) < 4.78 is 22.6. The molecule has 0 radical (unpaired) electrons. The van der Waals surface area contributed by atoms with Crippen molar-refractivity contribution in [1.82, 2.24) is 0 Å². The lowest BCUT2D eigenvalue weighted by molar-refractivity contribution is -0.303. The highest BCUT2D eigenvalue weighted by atomic mass is 16.7. The van der Waals surface area contributed by atoms with Gasteiger partial charge in [0.25, 0.3) is 0 Å². The number of carbonyl (C=O) groups is 2. The van der Waals surface area contributed by atoms with Crippen LogP contribution in [0.4, 0.5) is 0 Å². The van der Waals surface area contributed by atoms with Crippen molar-refractivity contribution in [3.05, 3.63) is 11.6 Å². The molecule has 22 atom stereocenters. The van der Waals surface area contributed by atoms with E-state index in [4.69, 9.17) is 18.9 Å². The molecule has 2 saturated heterocycles. The van der Waals surface area contributed by atoms with E-state index in [1.165, 1.54) is 6.92 Å². The Hall–Kier alpha value is -1.84. The molecule has 0 aromatic carbocycles. The van der Waals surface area contributed by atoms with Crippen molar-refractivity contribution in [2.24, 2.45) is 50.7 Å². The van der Waals surface area contributed by atoms with Gasteiger partial charge in [0.2, 0.25) is 12.6 Å². The van der Waals surface area contributed by atoms with Gasteiger partial charge in [0.05, 0.1) is 41.9 Å². The molecule has 7 rings (SSSR count). The fraction of sp³-hybridized carbons (Fsp3) is 0.905. The van der Waals surface area contributed by atoms with Gasteiger partial charge in [-0.15, -0.1) is 0 Å². The maximum absolute atomic E-state index is 14.6. The molecular formula is C42H66O17. The van der Waals surface area contributed by atoms with E-state index in [0.29, 0.717) is 38.5 Å². The van der Waals surface area contributed by atoms with Crippen molar-refractivity contribution in [1.29, 1.82) is 0 Å². The van der Waals surface area contributed by atoms with Crippen molar-refractivity contribution in [3.63, 3.8) is 0 Å². The molecule has 59 heavy (non-hydrogen) atoms. The van der Waals surface area contributed by atoms with E-state index in [1.54, 1.807) is 6.92 Å². The summed E-state index contributed by atoms with van der Waals surface area (Å²) in [4.78, 5) is 29.0. The predicted molar refractivity (Wildman–Crippen MR) is 202 cm³/mol. The van der Waals surface area contributed by atoms with Gasteiger partial charge in [-0.25, -0.2) is 0 Å². The molecule has 0 unspecified atom stereocenters. The summed E-state index contributed by atoms with van der Waals surface area (Å²) >= 11 is 0. The molecular weight excluding hydrogens is 776 g/mol. The third kappa shape index (κ3) is 6.26. The van der Waals surface area contributed by atoms with Gasteiger partial charge < -0.3 is 75.1 Å². The first kappa shape index (κ1) is 45.2.